The minimum atomic E-state index is -0.123. The van der Waals surface area contributed by atoms with Crippen molar-refractivity contribution in [3.63, 3.8) is 0 Å². The van der Waals surface area contributed by atoms with Crippen molar-refractivity contribution in [3.05, 3.63) is 59.2 Å². The summed E-state index contributed by atoms with van der Waals surface area (Å²) in [4.78, 5) is 12.7. The van der Waals surface area contributed by atoms with E-state index in [2.05, 4.69) is 19.2 Å². The first kappa shape index (κ1) is 17.5. The predicted octanol–water partition coefficient (Wildman–Crippen LogP) is 4.53. The Morgan fingerprint density at radius 3 is 2.76 bits per heavy atom. The molecule has 1 N–H and O–H groups in total. The Morgan fingerprint density at radius 1 is 1.24 bits per heavy atom. The van der Waals surface area contributed by atoms with Gasteiger partial charge in [-0.3, -0.25) is 4.79 Å². The van der Waals surface area contributed by atoms with Crippen LogP contribution in [0.15, 0.2) is 42.5 Å². The first-order valence-corrected chi connectivity index (χ1v) is 8.65. The van der Waals surface area contributed by atoms with Crippen LogP contribution in [-0.2, 0) is 16.8 Å². The number of hydrogen-bond acceptors (Lipinski definition) is 3. The monoisotopic (exact) mass is 339 g/mol. The van der Waals surface area contributed by atoms with Gasteiger partial charge in [0.2, 0.25) is 0 Å². The van der Waals surface area contributed by atoms with Crippen LogP contribution >= 0.6 is 0 Å². The summed E-state index contributed by atoms with van der Waals surface area (Å²) >= 11 is 0. The number of benzene rings is 2. The molecular weight excluding hydrogens is 314 g/mol. The number of carbonyl (C=O) groups is 1. The van der Waals surface area contributed by atoms with Gasteiger partial charge in [-0.25, -0.2) is 0 Å². The predicted molar refractivity (Wildman–Crippen MR) is 99.3 cm³/mol. The van der Waals surface area contributed by atoms with E-state index in [0.29, 0.717) is 18.8 Å². The Bertz CT molecular complexity index is 780. The lowest BCUT2D eigenvalue weighted by Gasteiger charge is -2.16. The van der Waals surface area contributed by atoms with Crippen LogP contribution in [0.25, 0.3) is 0 Å². The van der Waals surface area contributed by atoms with E-state index in [1.165, 1.54) is 0 Å². The van der Waals surface area contributed by atoms with Crippen molar-refractivity contribution >= 4 is 11.6 Å². The molecule has 0 bridgehead atoms. The summed E-state index contributed by atoms with van der Waals surface area (Å²) in [6.45, 7) is 9.35. The van der Waals surface area contributed by atoms with Crippen molar-refractivity contribution in [1.29, 1.82) is 0 Å². The molecule has 0 atom stereocenters. The Labute approximate surface area is 149 Å². The molecule has 25 heavy (non-hydrogen) atoms. The number of fused-ring (bicyclic) bond motifs is 1. The third-order valence-electron chi connectivity index (χ3n) is 4.40. The van der Waals surface area contributed by atoms with Crippen molar-refractivity contribution in [3.8, 4) is 5.75 Å². The molecular formula is C21H25NO3. The Morgan fingerprint density at radius 2 is 2.00 bits per heavy atom. The summed E-state index contributed by atoms with van der Waals surface area (Å²) in [5.74, 6) is 0.745. The second-order valence-corrected chi connectivity index (χ2v) is 7.35. The minimum Gasteiger partial charge on any atom is -0.492 e. The Hall–Kier alpha value is -2.33. The zero-order chi connectivity index (χ0) is 18.0. The molecule has 0 saturated heterocycles. The molecule has 1 aliphatic heterocycles. The maximum Gasteiger partial charge on any atom is 0.255 e. The summed E-state index contributed by atoms with van der Waals surface area (Å²) in [5, 5.41) is 3.01. The van der Waals surface area contributed by atoms with Crippen LogP contribution < -0.4 is 10.1 Å². The molecule has 0 aliphatic carbocycles. The third kappa shape index (κ3) is 3.85. The summed E-state index contributed by atoms with van der Waals surface area (Å²) in [7, 11) is 0. The summed E-state index contributed by atoms with van der Waals surface area (Å²) < 4.78 is 11.4. The lowest BCUT2D eigenvalue weighted by molar-refractivity contribution is 0.0660. The molecule has 1 amide bonds. The molecule has 0 unspecified atom stereocenters. The normalized spacial score (nSPS) is 14.9. The largest absolute Gasteiger partial charge is 0.492 e. The van der Waals surface area contributed by atoms with E-state index in [1.54, 1.807) is 0 Å². The number of amides is 1. The molecule has 0 aromatic heterocycles. The van der Waals surface area contributed by atoms with Gasteiger partial charge in [0.25, 0.3) is 5.91 Å². The van der Waals surface area contributed by atoms with E-state index in [0.717, 1.165) is 22.6 Å². The second-order valence-electron chi connectivity index (χ2n) is 7.35. The number of rotatable bonds is 5. The minimum absolute atomic E-state index is 0.0748. The quantitative estimate of drug-likeness (QED) is 0.870. The highest BCUT2D eigenvalue weighted by molar-refractivity contribution is 6.05. The number of para-hydroxylation sites is 1. The van der Waals surface area contributed by atoms with E-state index >= 15 is 0 Å². The van der Waals surface area contributed by atoms with Crippen LogP contribution in [0.4, 0.5) is 5.69 Å². The second kappa shape index (κ2) is 6.89. The molecule has 2 aromatic carbocycles. The highest BCUT2D eigenvalue weighted by atomic mass is 16.5. The van der Waals surface area contributed by atoms with Gasteiger partial charge in [0.1, 0.15) is 5.75 Å². The molecule has 4 nitrogen and oxygen atoms in total. The van der Waals surface area contributed by atoms with Gasteiger partial charge >= 0.3 is 0 Å². The smallest absolute Gasteiger partial charge is 0.255 e. The SMILES string of the molecule is CC(C)OCc1ccccc1NC(=O)c1ccc2c(c1)C(C)(C)CO2. The average Bonchev–Trinajstić information content (AvgIpc) is 2.88. The van der Waals surface area contributed by atoms with E-state index < -0.39 is 0 Å². The van der Waals surface area contributed by atoms with Crippen LogP contribution in [0, 0.1) is 0 Å². The Kier molecular flexibility index (Phi) is 4.82. The van der Waals surface area contributed by atoms with Crippen molar-refractivity contribution < 1.29 is 14.3 Å². The van der Waals surface area contributed by atoms with Gasteiger partial charge < -0.3 is 14.8 Å². The zero-order valence-corrected chi connectivity index (χ0v) is 15.3. The van der Waals surface area contributed by atoms with E-state index in [-0.39, 0.29) is 17.4 Å². The molecule has 0 spiro atoms. The standard InChI is InChI=1S/C21H25NO3/c1-14(2)24-12-16-7-5-6-8-18(16)22-20(23)15-9-10-19-17(11-15)21(3,4)13-25-19/h5-11,14H,12-13H2,1-4H3,(H,22,23). The number of nitrogens with one attached hydrogen (secondary N) is 1. The summed E-state index contributed by atoms with van der Waals surface area (Å²) in [5.41, 5.74) is 3.39. The topological polar surface area (TPSA) is 47.6 Å². The molecule has 2 aromatic rings. The van der Waals surface area contributed by atoms with E-state index in [1.807, 2.05) is 56.3 Å². The number of hydrogen-bond donors (Lipinski definition) is 1. The van der Waals surface area contributed by atoms with Gasteiger partial charge in [0, 0.05) is 27.8 Å². The van der Waals surface area contributed by atoms with E-state index in [4.69, 9.17) is 9.47 Å². The lowest BCUT2D eigenvalue weighted by atomic mass is 9.86. The van der Waals surface area contributed by atoms with Crippen LogP contribution in [0.2, 0.25) is 0 Å². The molecule has 0 saturated carbocycles. The average molecular weight is 339 g/mol. The first-order chi connectivity index (χ1) is 11.9. The van der Waals surface area contributed by atoms with Crippen LogP contribution in [0.1, 0.15) is 49.2 Å². The van der Waals surface area contributed by atoms with Gasteiger partial charge in [-0.1, -0.05) is 32.0 Å². The van der Waals surface area contributed by atoms with Gasteiger partial charge in [-0.05, 0) is 38.1 Å². The highest BCUT2D eigenvalue weighted by Crippen LogP contribution is 2.38. The number of carbonyl (C=O) groups excluding carboxylic acids is 1. The van der Waals surface area contributed by atoms with Gasteiger partial charge in [0.05, 0.1) is 19.3 Å². The number of ether oxygens (including phenoxy) is 2. The first-order valence-electron chi connectivity index (χ1n) is 8.65. The van der Waals surface area contributed by atoms with Crippen molar-refractivity contribution in [2.24, 2.45) is 0 Å². The lowest BCUT2D eigenvalue weighted by Crippen LogP contribution is -2.19. The fourth-order valence-electron chi connectivity index (χ4n) is 2.88. The van der Waals surface area contributed by atoms with Crippen LogP contribution in [0.3, 0.4) is 0 Å². The van der Waals surface area contributed by atoms with Crippen LogP contribution in [-0.4, -0.2) is 18.6 Å². The maximum atomic E-state index is 12.7. The summed E-state index contributed by atoms with van der Waals surface area (Å²) in [6.07, 6.45) is 0.141. The molecule has 0 radical (unpaired) electrons. The molecule has 0 fully saturated rings. The molecule has 4 heteroatoms. The Balaban J connectivity index is 1.80. The number of anilines is 1. The van der Waals surface area contributed by atoms with Crippen molar-refractivity contribution in [2.75, 3.05) is 11.9 Å². The molecule has 132 valence electrons. The van der Waals surface area contributed by atoms with Crippen LogP contribution in [0.5, 0.6) is 5.75 Å². The fraction of sp³-hybridized carbons (Fsp3) is 0.381. The third-order valence-corrected chi connectivity index (χ3v) is 4.40. The van der Waals surface area contributed by atoms with Crippen molar-refractivity contribution in [1.82, 2.24) is 0 Å². The van der Waals surface area contributed by atoms with Crippen molar-refractivity contribution in [2.45, 2.75) is 45.8 Å². The summed E-state index contributed by atoms with van der Waals surface area (Å²) in [6, 6.07) is 13.4. The fourth-order valence-corrected chi connectivity index (χ4v) is 2.88. The van der Waals surface area contributed by atoms with E-state index in [9.17, 15) is 4.79 Å². The van der Waals surface area contributed by atoms with Gasteiger partial charge in [-0.2, -0.15) is 0 Å². The van der Waals surface area contributed by atoms with Gasteiger partial charge in [0.15, 0.2) is 0 Å². The molecule has 3 rings (SSSR count). The zero-order valence-electron chi connectivity index (χ0n) is 15.3. The molecule has 1 aliphatic rings. The molecule has 1 heterocycles. The maximum absolute atomic E-state index is 12.7. The highest BCUT2D eigenvalue weighted by Gasteiger charge is 2.32. The van der Waals surface area contributed by atoms with Gasteiger partial charge in [-0.15, -0.1) is 0 Å².